The predicted molar refractivity (Wildman–Crippen MR) is 194 cm³/mol. The number of nitrogens with one attached hydrogen (secondary N) is 2. The van der Waals surface area contributed by atoms with Gasteiger partial charge in [0.05, 0.1) is 44.1 Å². The fourth-order valence-corrected chi connectivity index (χ4v) is 4.92. The summed E-state index contributed by atoms with van der Waals surface area (Å²) < 4.78 is 48.5. The van der Waals surface area contributed by atoms with Crippen molar-refractivity contribution in [3.05, 3.63) is 63.7 Å². The van der Waals surface area contributed by atoms with E-state index in [1.807, 2.05) is 6.92 Å². The van der Waals surface area contributed by atoms with Crippen molar-refractivity contribution in [2.24, 2.45) is 0 Å². The SMILES string of the molecule is CCCCCOC(=O)Cl.CCCCCOC(=O)Nc1nc(=O)n([C@@H]2O[C@H](C)[C@@H](O)[C@H]2O)cc1F.C[C@H]1O[C@@H](n2cc(F)c(N)nc2=O)[C@H](O)[C@@H]1O.c1c[nH]cn1. The van der Waals surface area contributed by atoms with E-state index >= 15 is 0 Å². The summed E-state index contributed by atoms with van der Waals surface area (Å²) in [6.07, 6.45) is 2.44. The molecule has 2 fully saturated rings. The van der Waals surface area contributed by atoms with Crippen LogP contribution < -0.4 is 22.4 Å². The number of aromatic nitrogens is 6. The van der Waals surface area contributed by atoms with Gasteiger partial charge in [-0.25, -0.2) is 32.9 Å². The zero-order valence-corrected chi connectivity index (χ0v) is 31.9. The average molecular weight is 823 g/mol. The first kappa shape index (κ1) is 47.6. The van der Waals surface area contributed by atoms with Crippen LogP contribution in [0.5, 0.6) is 0 Å². The molecule has 1 amide bonds. The Morgan fingerprint density at radius 1 is 0.857 bits per heavy atom. The van der Waals surface area contributed by atoms with Gasteiger partial charge < -0.3 is 50.1 Å². The molecule has 56 heavy (non-hydrogen) atoms. The van der Waals surface area contributed by atoms with E-state index in [0.717, 1.165) is 53.6 Å². The van der Waals surface area contributed by atoms with Crippen molar-refractivity contribution in [1.82, 2.24) is 29.1 Å². The second-order valence-electron chi connectivity index (χ2n) is 12.2. The molecular weight excluding hydrogens is 774 g/mol. The highest BCUT2D eigenvalue weighted by molar-refractivity contribution is 6.61. The summed E-state index contributed by atoms with van der Waals surface area (Å²) in [6, 6.07) is 0. The Morgan fingerprint density at radius 2 is 1.36 bits per heavy atom. The molecule has 3 aromatic rings. The van der Waals surface area contributed by atoms with Gasteiger partial charge in [-0.05, 0) is 26.7 Å². The van der Waals surface area contributed by atoms with Gasteiger partial charge in [-0.2, -0.15) is 9.97 Å². The molecule has 5 rings (SSSR count). The third-order valence-electron chi connectivity index (χ3n) is 7.91. The van der Waals surface area contributed by atoms with Crippen molar-refractivity contribution < 1.29 is 57.7 Å². The maximum Gasteiger partial charge on any atom is 0.412 e. The number of carbonyl (C=O) groups is 2. The number of aliphatic hydroxyl groups excluding tert-OH is 4. The van der Waals surface area contributed by atoms with Crippen LogP contribution in [0, 0.1) is 11.6 Å². The van der Waals surface area contributed by atoms with E-state index in [0.29, 0.717) is 13.0 Å². The predicted octanol–water partition coefficient (Wildman–Crippen LogP) is 2.33. The van der Waals surface area contributed by atoms with E-state index in [1.54, 1.807) is 18.7 Å². The van der Waals surface area contributed by atoms with Gasteiger partial charge >= 0.3 is 22.9 Å². The summed E-state index contributed by atoms with van der Waals surface area (Å²) in [7, 11) is 0. The van der Waals surface area contributed by atoms with Crippen LogP contribution in [0.25, 0.3) is 0 Å². The third kappa shape index (κ3) is 14.8. The van der Waals surface area contributed by atoms with Crippen molar-refractivity contribution in [3.8, 4) is 0 Å². The Kier molecular flexibility index (Phi) is 20.5. The number of carbonyl (C=O) groups excluding carboxylic acids is 2. The number of halogens is 3. The van der Waals surface area contributed by atoms with E-state index in [2.05, 4.69) is 36.9 Å². The van der Waals surface area contributed by atoms with Crippen LogP contribution in [0.1, 0.15) is 78.7 Å². The summed E-state index contributed by atoms with van der Waals surface area (Å²) in [6.45, 7) is 7.75. The number of nitrogens with two attached hydrogens (primary N) is 1. The highest BCUT2D eigenvalue weighted by atomic mass is 35.5. The van der Waals surface area contributed by atoms with Gasteiger partial charge in [0.25, 0.3) is 0 Å². The van der Waals surface area contributed by atoms with Crippen LogP contribution in [-0.2, 0) is 18.9 Å². The highest BCUT2D eigenvalue weighted by Gasteiger charge is 2.43. The standard InChI is InChI=1S/C15H22FN3O6.C9H12FN3O4.C6H11ClO2.C3H4N2/c1-3-4-5-6-24-15(23)18-12-9(16)7-19(14(22)17-12)13-11(21)10(20)8(2)25-13;1-3-5(14)6(15)8(17-3)13-2-4(10)7(11)12-9(13)16;1-2-3-4-5-9-6(7)8;1-2-5-3-4-1/h7-8,10-11,13,20-21H,3-6H2,1-2H3,(H,17,18,22,23);2-3,5-6,8,14-15H,1H3,(H2,11,12,16);2-5H2,1H3;1-3H,(H,4,5)/t8-,10-,11-,13-;3-,5-,6-,8-;;/m11../s1. The molecule has 2 aliphatic heterocycles. The molecule has 8 N–H and O–H groups in total. The Balaban J connectivity index is 0.000000298. The van der Waals surface area contributed by atoms with Crippen molar-refractivity contribution >= 4 is 34.8 Å². The molecule has 2 saturated heterocycles. The smallest absolute Gasteiger partial charge is 0.412 e. The molecule has 3 aromatic heterocycles. The van der Waals surface area contributed by atoms with Crippen LogP contribution in [0.2, 0.25) is 0 Å². The van der Waals surface area contributed by atoms with Crippen molar-refractivity contribution in [2.45, 2.75) is 115 Å². The van der Waals surface area contributed by atoms with Crippen molar-refractivity contribution in [3.63, 3.8) is 0 Å². The number of amides is 1. The first-order chi connectivity index (χ1) is 26.5. The molecule has 20 nitrogen and oxygen atoms in total. The first-order valence-corrected chi connectivity index (χ1v) is 18.0. The molecule has 0 saturated carbocycles. The number of rotatable bonds is 11. The van der Waals surface area contributed by atoms with Gasteiger partial charge in [0.15, 0.2) is 35.7 Å². The molecule has 0 spiro atoms. The molecule has 0 unspecified atom stereocenters. The van der Waals surface area contributed by atoms with Crippen molar-refractivity contribution in [2.75, 3.05) is 24.3 Å². The number of H-pyrrole nitrogens is 1. The molecule has 0 bridgehead atoms. The lowest BCUT2D eigenvalue weighted by molar-refractivity contribution is -0.0355. The second-order valence-corrected chi connectivity index (χ2v) is 12.5. The van der Waals surface area contributed by atoms with Crippen LogP contribution in [0.4, 0.5) is 30.0 Å². The number of nitrogens with zero attached hydrogens (tertiary/aromatic N) is 5. The molecule has 0 aromatic carbocycles. The lowest BCUT2D eigenvalue weighted by atomic mass is 10.1. The summed E-state index contributed by atoms with van der Waals surface area (Å²) in [5, 5.41) is 40.7. The average Bonchev–Trinajstić information content (AvgIpc) is 3.88. The third-order valence-corrected chi connectivity index (χ3v) is 8.02. The van der Waals surface area contributed by atoms with E-state index < -0.39 is 95.3 Å². The van der Waals surface area contributed by atoms with Gasteiger partial charge in [0.2, 0.25) is 0 Å². The van der Waals surface area contributed by atoms with Crippen LogP contribution >= 0.6 is 11.6 Å². The molecule has 0 radical (unpaired) electrons. The normalized spacial score (nSPS) is 23.7. The molecule has 314 valence electrons. The van der Waals surface area contributed by atoms with Gasteiger partial charge in [-0.15, -0.1) is 0 Å². The Hall–Kier alpha value is -4.58. The Labute approximate surface area is 324 Å². The molecule has 23 heteroatoms. The second kappa shape index (κ2) is 24.1. The first-order valence-electron chi connectivity index (χ1n) is 17.6. The number of anilines is 2. The van der Waals surface area contributed by atoms with Crippen molar-refractivity contribution in [1.29, 1.82) is 0 Å². The fraction of sp³-hybridized carbons (Fsp3) is 0.606. The number of ether oxygens (including phenoxy) is 4. The number of aromatic amines is 1. The lowest BCUT2D eigenvalue weighted by Crippen LogP contribution is -2.36. The maximum absolute atomic E-state index is 14.1. The minimum Gasteiger partial charge on any atom is -0.454 e. The molecule has 8 atom stereocenters. The summed E-state index contributed by atoms with van der Waals surface area (Å²) in [4.78, 5) is 58.1. The van der Waals surface area contributed by atoms with E-state index in [9.17, 15) is 48.4 Å². The molecule has 0 aliphatic carbocycles. The monoisotopic (exact) mass is 822 g/mol. The number of aliphatic hydroxyl groups is 4. The molecular formula is C33H49ClF2N8O12. The Morgan fingerprint density at radius 3 is 1.77 bits per heavy atom. The fourth-order valence-electron chi connectivity index (χ4n) is 4.84. The number of unbranched alkanes of at least 4 members (excludes halogenated alkanes) is 4. The van der Waals surface area contributed by atoms with E-state index in [1.165, 1.54) is 13.8 Å². The van der Waals surface area contributed by atoms with Crippen LogP contribution in [0.3, 0.4) is 0 Å². The van der Waals surface area contributed by atoms with E-state index in [4.69, 9.17) is 31.5 Å². The quantitative estimate of drug-likeness (QED) is 0.108. The number of nitrogen functional groups attached to an aromatic ring is 1. The van der Waals surface area contributed by atoms with Crippen LogP contribution in [-0.4, -0.2) is 111 Å². The molecule has 2 aliphatic rings. The summed E-state index contributed by atoms with van der Waals surface area (Å²) in [5.41, 5.74) is 2.62. The zero-order chi connectivity index (χ0) is 41.9. The maximum atomic E-state index is 14.1. The van der Waals surface area contributed by atoms with E-state index in [-0.39, 0.29) is 6.61 Å². The van der Waals surface area contributed by atoms with Gasteiger partial charge in [0, 0.05) is 24.0 Å². The summed E-state index contributed by atoms with van der Waals surface area (Å²) >= 11 is 4.90. The zero-order valence-electron chi connectivity index (χ0n) is 31.2. The van der Waals surface area contributed by atoms with Gasteiger partial charge in [-0.3, -0.25) is 14.5 Å². The molecule has 5 heterocycles. The topological polar surface area (TPSA) is 288 Å². The minimum absolute atomic E-state index is 0.177. The Bertz CT molecular complexity index is 1740. The number of hydrogen-bond donors (Lipinski definition) is 7. The van der Waals surface area contributed by atoms with Gasteiger partial charge in [-0.1, -0.05) is 39.5 Å². The number of imidazole rings is 1. The minimum atomic E-state index is -1.41. The summed E-state index contributed by atoms with van der Waals surface area (Å²) in [5.74, 6) is -3.00. The number of hydrogen-bond acceptors (Lipinski definition) is 16. The van der Waals surface area contributed by atoms with Crippen LogP contribution in [0.15, 0.2) is 40.7 Å². The highest BCUT2D eigenvalue weighted by Crippen LogP contribution is 2.29. The van der Waals surface area contributed by atoms with Gasteiger partial charge in [0.1, 0.15) is 24.4 Å². The lowest BCUT2D eigenvalue weighted by Gasteiger charge is -2.17. The largest absolute Gasteiger partial charge is 0.454 e.